The van der Waals surface area contributed by atoms with Crippen molar-refractivity contribution in [3.8, 4) is 0 Å². The molecule has 0 unspecified atom stereocenters. The number of aliphatic hydroxyl groups excluding tert-OH is 1. The maximum Gasteiger partial charge on any atom is 0.101 e. The summed E-state index contributed by atoms with van der Waals surface area (Å²) in [5.41, 5.74) is 0.608. The SMILES string of the molecule is CC1(C)N=NC=C1CO. The fourth-order valence-corrected chi connectivity index (χ4v) is 0.699. The van der Waals surface area contributed by atoms with E-state index in [1.165, 1.54) is 0 Å². The van der Waals surface area contributed by atoms with E-state index in [4.69, 9.17) is 5.11 Å². The summed E-state index contributed by atoms with van der Waals surface area (Å²) in [6, 6.07) is 0. The van der Waals surface area contributed by atoms with Gasteiger partial charge in [-0.15, -0.1) is 0 Å². The van der Waals surface area contributed by atoms with Gasteiger partial charge in [-0.2, -0.15) is 10.2 Å². The number of hydrogen-bond acceptors (Lipinski definition) is 3. The lowest BCUT2D eigenvalue weighted by Crippen LogP contribution is -2.18. The fraction of sp³-hybridized carbons (Fsp3) is 0.667. The first-order valence-corrected chi connectivity index (χ1v) is 2.89. The van der Waals surface area contributed by atoms with Crippen LogP contribution in [0.3, 0.4) is 0 Å². The summed E-state index contributed by atoms with van der Waals surface area (Å²) in [5, 5.41) is 16.3. The van der Waals surface area contributed by atoms with E-state index in [1.54, 1.807) is 6.20 Å². The van der Waals surface area contributed by atoms with Gasteiger partial charge in [-0.1, -0.05) is 0 Å². The molecule has 0 bridgehead atoms. The zero-order chi connectivity index (χ0) is 6.91. The monoisotopic (exact) mass is 126 g/mol. The Morgan fingerprint density at radius 3 is 2.56 bits per heavy atom. The molecular formula is C6H10N2O. The summed E-state index contributed by atoms with van der Waals surface area (Å²) < 4.78 is 0. The molecule has 50 valence electrons. The number of nitrogens with zero attached hydrogens (tertiary/aromatic N) is 2. The van der Waals surface area contributed by atoms with Gasteiger partial charge in [-0.25, -0.2) is 0 Å². The van der Waals surface area contributed by atoms with Crippen LogP contribution in [0.5, 0.6) is 0 Å². The molecular weight excluding hydrogens is 116 g/mol. The Morgan fingerprint density at radius 1 is 1.67 bits per heavy atom. The molecule has 9 heavy (non-hydrogen) atoms. The molecule has 1 aliphatic heterocycles. The molecule has 0 radical (unpaired) electrons. The third-order valence-electron chi connectivity index (χ3n) is 1.48. The summed E-state index contributed by atoms with van der Waals surface area (Å²) in [4.78, 5) is 0. The second-order valence-corrected chi connectivity index (χ2v) is 2.59. The van der Waals surface area contributed by atoms with Gasteiger partial charge in [0.25, 0.3) is 0 Å². The normalized spacial score (nSPS) is 22.3. The Hall–Kier alpha value is -0.700. The first-order chi connectivity index (χ1) is 4.17. The van der Waals surface area contributed by atoms with Gasteiger partial charge in [0.1, 0.15) is 5.54 Å². The second kappa shape index (κ2) is 1.92. The Kier molecular flexibility index (Phi) is 1.37. The third kappa shape index (κ3) is 1.00. The number of hydrogen-bond donors (Lipinski definition) is 1. The van der Waals surface area contributed by atoms with Crippen LogP contribution in [0.1, 0.15) is 13.8 Å². The summed E-state index contributed by atoms with van der Waals surface area (Å²) in [5.74, 6) is 0. The van der Waals surface area contributed by atoms with Crippen LogP contribution >= 0.6 is 0 Å². The molecule has 0 spiro atoms. The molecule has 1 N–H and O–H groups in total. The maximum absolute atomic E-state index is 8.71. The molecule has 0 amide bonds. The van der Waals surface area contributed by atoms with Gasteiger partial charge < -0.3 is 5.11 Å². The number of rotatable bonds is 1. The van der Waals surface area contributed by atoms with Crippen LogP contribution in [0.4, 0.5) is 0 Å². The highest BCUT2D eigenvalue weighted by Crippen LogP contribution is 2.25. The second-order valence-electron chi connectivity index (χ2n) is 2.59. The summed E-state index contributed by atoms with van der Waals surface area (Å²) in [6.45, 7) is 3.90. The molecule has 1 rings (SSSR count). The average Bonchev–Trinajstić information content (AvgIpc) is 2.08. The van der Waals surface area contributed by atoms with Crippen LogP contribution in [0.2, 0.25) is 0 Å². The predicted molar refractivity (Wildman–Crippen MR) is 34.1 cm³/mol. The van der Waals surface area contributed by atoms with Gasteiger partial charge in [0.2, 0.25) is 0 Å². The predicted octanol–water partition coefficient (Wildman–Crippen LogP) is 1.11. The molecule has 0 aromatic heterocycles. The maximum atomic E-state index is 8.71. The molecule has 0 atom stereocenters. The van der Waals surface area contributed by atoms with Crippen molar-refractivity contribution < 1.29 is 5.11 Å². The topological polar surface area (TPSA) is 45.0 Å². The molecule has 0 aromatic rings. The standard InChI is InChI=1S/C6H10N2O/c1-6(2)5(4-9)3-7-8-6/h3,9H,4H2,1-2H3. The van der Waals surface area contributed by atoms with Crippen molar-refractivity contribution in [2.75, 3.05) is 6.61 Å². The van der Waals surface area contributed by atoms with Gasteiger partial charge in [0, 0.05) is 5.57 Å². The smallest absolute Gasteiger partial charge is 0.101 e. The van der Waals surface area contributed by atoms with Gasteiger partial charge in [-0.3, -0.25) is 0 Å². The van der Waals surface area contributed by atoms with Crippen molar-refractivity contribution in [2.24, 2.45) is 10.2 Å². The van der Waals surface area contributed by atoms with E-state index in [-0.39, 0.29) is 12.1 Å². The molecule has 0 aromatic carbocycles. The summed E-state index contributed by atoms with van der Waals surface area (Å²) in [7, 11) is 0. The van der Waals surface area contributed by atoms with E-state index >= 15 is 0 Å². The lowest BCUT2D eigenvalue weighted by atomic mass is 9.98. The minimum Gasteiger partial charge on any atom is -0.392 e. The van der Waals surface area contributed by atoms with E-state index < -0.39 is 0 Å². The van der Waals surface area contributed by atoms with E-state index in [0.29, 0.717) is 0 Å². The highest BCUT2D eigenvalue weighted by atomic mass is 16.3. The highest BCUT2D eigenvalue weighted by molar-refractivity contribution is 5.20. The van der Waals surface area contributed by atoms with Crippen molar-refractivity contribution in [3.05, 3.63) is 11.8 Å². The highest BCUT2D eigenvalue weighted by Gasteiger charge is 2.25. The van der Waals surface area contributed by atoms with Crippen molar-refractivity contribution in [3.63, 3.8) is 0 Å². The van der Waals surface area contributed by atoms with Crippen LogP contribution < -0.4 is 0 Å². The van der Waals surface area contributed by atoms with E-state index in [9.17, 15) is 0 Å². The van der Waals surface area contributed by atoms with Crippen molar-refractivity contribution in [2.45, 2.75) is 19.4 Å². The first kappa shape index (κ1) is 6.42. The summed E-state index contributed by atoms with van der Waals surface area (Å²) in [6.07, 6.45) is 1.61. The van der Waals surface area contributed by atoms with E-state index in [1.807, 2.05) is 13.8 Å². The zero-order valence-corrected chi connectivity index (χ0v) is 5.63. The van der Waals surface area contributed by atoms with Crippen molar-refractivity contribution in [1.29, 1.82) is 0 Å². The lowest BCUT2D eigenvalue weighted by Gasteiger charge is -2.14. The third-order valence-corrected chi connectivity index (χ3v) is 1.48. The van der Waals surface area contributed by atoms with Crippen LogP contribution in [-0.2, 0) is 0 Å². The van der Waals surface area contributed by atoms with Gasteiger partial charge in [0.15, 0.2) is 0 Å². The van der Waals surface area contributed by atoms with Crippen LogP contribution in [0.15, 0.2) is 22.0 Å². The van der Waals surface area contributed by atoms with Crippen LogP contribution in [-0.4, -0.2) is 17.3 Å². The molecule has 1 aliphatic rings. The molecule has 0 aliphatic carbocycles. The van der Waals surface area contributed by atoms with Crippen LogP contribution in [0.25, 0.3) is 0 Å². The summed E-state index contributed by atoms with van der Waals surface area (Å²) >= 11 is 0. The molecule has 1 heterocycles. The largest absolute Gasteiger partial charge is 0.392 e. The Bertz CT molecular complexity index is 170. The Labute approximate surface area is 54.1 Å². The minimum absolute atomic E-state index is 0.0556. The van der Waals surface area contributed by atoms with Gasteiger partial charge >= 0.3 is 0 Å². The number of azo groups is 1. The molecule has 0 saturated heterocycles. The fourth-order valence-electron chi connectivity index (χ4n) is 0.699. The minimum atomic E-state index is -0.269. The van der Waals surface area contributed by atoms with E-state index in [0.717, 1.165) is 5.57 Å². The number of aliphatic hydroxyl groups is 1. The quantitative estimate of drug-likeness (QED) is 0.562. The average molecular weight is 126 g/mol. The molecule has 3 nitrogen and oxygen atoms in total. The van der Waals surface area contributed by atoms with Crippen molar-refractivity contribution >= 4 is 0 Å². The lowest BCUT2D eigenvalue weighted by molar-refractivity contribution is 0.313. The van der Waals surface area contributed by atoms with Gasteiger partial charge in [0.05, 0.1) is 12.8 Å². The Balaban J connectivity index is 2.78. The molecule has 0 fully saturated rings. The molecule has 0 saturated carbocycles. The Morgan fingerprint density at radius 2 is 2.33 bits per heavy atom. The van der Waals surface area contributed by atoms with Gasteiger partial charge in [-0.05, 0) is 13.8 Å². The van der Waals surface area contributed by atoms with E-state index in [2.05, 4.69) is 10.2 Å². The molecule has 3 heteroatoms. The van der Waals surface area contributed by atoms with Crippen LogP contribution in [0, 0.1) is 0 Å². The van der Waals surface area contributed by atoms with Crippen molar-refractivity contribution in [1.82, 2.24) is 0 Å². The zero-order valence-electron chi connectivity index (χ0n) is 5.63. The first-order valence-electron chi connectivity index (χ1n) is 2.89.